The SMILES string of the molecule is O=[N+]([O-])c1ccc(OP(=O)([O-])Oc2ccc([N+](=O)[O-])cc2)cc1.[NH3+]Cc1cccc(C[NH3+])c1.[O-][Cl+3]([O-])([O-])[O-]. The van der Waals surface area contributed by atoms with E-state index in [9.17, 15) is 29.7 Å². The van der Waals surface area contributed by atoms with Crippen molar-refractivity contribution in [2.45, 2.75) is 13.1 Å². The quantitative estimate of drug-likeness (QED) is 0.152. The largest absolute Gasteiger partial charge is 0.736 e. The Morgan fingerprint density at radius 1 is 0.711 bits per heavy atom. The van der Waals surface area contributed by atoms with Crippen molar-refractivity contribution >= 4 is 19.2 Å². The van der Waals surface area contributed by atoms with Gasteiger partial charge in [-0.1, -0.05) is 18.2 Å². The second kappa shape index (κ2) is 14.9. The molecule has 0 heterocycles. The van der Waals surface area contributed by atoms with Crippen molar-refractivity contribution in [3.63, 3.8) is 0 Å². The van der Waals surface area contributed by atoms with Crippen molar-refractivity contribution in [3.05, 3.63) is 104 Å². The minimum Gasteiger partial charge on any atom is -0.736 e. The maximum Gasteiger partial charge on any atom is 0.372 e. The van der Waals surface area contributed by atoms with E-state index in [-0.39, 0.29) is 22.9 Å². The minimum absolute atomic E-state index is 0.171. The summed E-state index contributed by atoms with van der Waals surface area (Å²) in [5.74, 6) is -0.341. The molecule has 0 saturated carbocycles. The number of non-ortho nitro benzene ring substituents is 2. The highest BCUT2D eigenvalue weighted by atomic mass is 35.7. The Morgan fingerprint density at radius 2 is 1.03 bits per heavy atom. The summed E-state index contributed by atoms with van der Waals surface area (Å²) in [6.45, 7) is 1.74. The van der Waals surface area contributed by atoms with Gasteiger partial charge in [0.2, 0.25) is 0 Å². The Kier molecular flexibility index (Phi) is 12.7. The van der Waals surface area contributed by atoms with Gasteiger partial charge in [-0.3, -0.25) is 20.2 Å². The van der Waals surface area contributed by atoms with Crippen LogP contribution in [0.2, 0.25) is 0 Å². The first kappa shape index (κ1) is 32.3. The molecule has 3 aromatic rings. The van der Waals surface area contributed by atoms with Crippen LogP contribution in [-0.2, 0) is 17.7 Å². The van der Waals surface area contributed by atoms with E-state index >= 15 is 0 Å². The average Bonchev–Trinajstić information content (AvgIpc) is 2.83. The second-order valence-electron chi connectivity index (χ2n) is 6.83. The number of hydrogen-bond acceptors (Lipinski definition) is 12. The van der Waals surface area contributed by atoms with Crippen LogP contribution in [0.3, 0.4) is 0 Å². The fourth-order valence-corrected chi connectivity index (χ4v) is 3.27. The summed E-state index contributed by atoms with van der Waals surface area (Å²) in [6.07, 6.45) is 0. The molecule has 0 amide bonds. The Morgan fingerprint density at radius 3 is 1.29 bits per heavy atom. The van der Waals surface area contributed by atoms with E-state index in [0.29, 0.717) is 0 Å². The zero-order valence-corrected chi connectivity index (χ0v) is 21.0. The van der Waals surface area contributed by atoms with Gasteiger partial charge in [0.15, 0.2) is 0 Å². The Labute approximate surface area is 216 Å². The highest BCUT2D eigenvalue weighted by molar-refractivity contribution is 7.46. The highest BCUT2D eigenvalue weighted by Crippen LogP contribution is 2.41. The van der Waals surface area contributed by atoms with Gasteiger partial charge in [-0.25, -0.2) is 23.2 Å². The Hall–Kier alpha value is -3.70. The number of phosphoric acid groups is 1. The zero-order chi connectivity index (χ0) is 28.9. The van der Waals surface area contributed by atoms with Gasteiger partial charge in [-0.15, -0.1) is 10.2 Å². The fraction of sp³-hybridized carbons (Fsp3) is 0.100. The van der Waals surface area contributed by atoms with Crippen molar-refractivity contribution < 1.29 is 68.7 Å². The summed E-state index contributed by atoms with van der Waals surface area (Å²) in [5.41, 5.74) is 9.75. The lowest BCUT2D eigenvalue weighted by molar-refractivity contribution is -2.00. The molecule has 206 valence electrons. The smallest absolute Gasteiger partial charge is 0.372 e. The molecular formula is C20H22ClN4O12P. The van der Waals surface area contributed by atoms with Gasteiger partial charge in [-0.05, 0) is 30.3 Å². The normalized spacial score (nSPS) is 10.7. The molecule has 0 aromatic heterocycles. The molecule has 0 bridgehead atoms. The van der Waals surface area contributed by atoms with E-state index in [0.717, 1.165) is 61.6 Å². The predicted molar refractivity (Wildman–Crippen MR) is 115 cm³/mol. The van der Waals surface area contributed by atoms with Crippen molar-refractivity contribution in [3.8, 4) is 11.5 Å². The molecule has 6 N–H and O–H groups in total. The van der Waals surface area contributed by atoms with Gasteiger partial charge in [0.05, 0.1) is 22.9 Å². The third kappa shape index (κ3) is 13.6. The van der Waals surface area contributed by atoms with E-state index in [4.69, 9.17) is 18.6 Å². The molecule has 3 rings (SSSR count). The first-order valence-corrected chi connectivity index (χ1v) is 12.8. The fourth-order valence-electron chi connectivity index (χ4n) is 2.47. The molecule has 0 unspecified atom stereocenters. The van der Waals surface area contributed by atoms with Gasteiger partial charge in [0, 0.05) is 35.4 Å². The van der Waals surface area contributed by atoms with E-state index in [1.165, 1.54) is 11.1 Å². The van der Waals surface area contributed by atoms with Crippen molar-refractivity contribution in [2.24, 2.45) is 0 Å². The molecular weight excluding hydrogens is 555 g/mol. The summed E-state index contributed by atoms with van der Waals surface area (Å²) in [5, 5.41) is 21.0. The second-order valence-corrected chi connectivity index (χ2v) is 8.85. The number of phosphoric ester groups is 1. The third-order valence-corrected chi connectivity index (χ3v) is 4.97. The first-order valence-electron chi connectivity index (χ1n) is 10.1. The lowest BCUT2D eigenvalue weighted by atomic mass is 10.1. The molecule has 38 heavy (non-hydrogen) atoms. The van der Waals surface area contributed by atoms with E-state index < -0.39 is 27.9 Å². The van der Waals surface area contributed by atoms with Crippen LogP contribution in [0.25, 0.3) is 0 Å². The third-order valence-electron chi connectivity index (χ3n) is 4.10. The van der Waals surface area contributed by atoms with Crippen LogP contribution in [-0.4, -0.2) is 9.85 Å². The number of halogens is 1. The van der Waals surface area contributed by atoms with E-state index in [1.807, 2.05) is 0 Å². The lowest BCUT2D eigenvalue weighted by Gasteiger charge is -2.23. The predicted octanol–water partition coefficient (Wildman–Crippen LogP) is -3.16. The van der Waals surface area contributed by atoms with Crippen LogP contribution in [0.4, 0.5) is 11.4 Å². The first-order chi connectivity index (χ1) is 17.6. The summed E-state index contributed by atoms with van der Waals surface area (Å²) >= 11 is 0. The number of benzene rings is 3. The van der Waals surface area contributed by atoms with Crippen molar-refractivity contribution in [1.82, 2.24) is 0 Å². The number of quaternary nitrogens is 2. The number of nitro benzene ring substituents is 2. The number of nitrogens with zero attached hydrogens (tertiary/aromatic N) is 2. The van der Waals surface area contributed by atoms with Crippen LogP contribution in [0, 0.1) is 30.5 Å². The van der Waals surface area contributed by atoms with Crippen LogP contribution in [0.1, 0.15) is 11.1 Å². The van der Waals surface area contributed by atoms with E-state index in [2.05, 4.69) is 44.8 Å². The standard InChI is InChI=1S/C12H9N2O8P.C8H12N2.ClHO4/c15-13(16)9-1-5-11(6-2-9)21-23(19,20)22-12-7-3-10(4-8-12)14(17)18;9-5-7-2-1-3-8(4-7)6-10;2-1(3,4)5/h1-8H,(H,19,20);1-4H,5-6,9-10H2;(H,2,3,4,5). The van der Waals surface area contributed by atoms with Gasteiger partial charge < -0.3 is 25.4 Å². The minimum atomic E-state index is -4.94. The summed E-state index contributed by atoms with van der Waals surface area (Å²) in [7, 11) is -9.75. The molecule has 18 heteroatoms. The molecule has 0 atom stereocenters. The number of rotatable bonds is 8. The topological polar surface area (TPSA) is 292 Å². The molecule has 0 spiro atoms. The molecule has 0 aliphatic rings. The molecule has 0 aliphatic carbocycles. The van der Waals surface area contributed by atoms with Crippen LogP contribution in [0.15, 0.2) is 72.8 Å². The summed E-state index contributed by atoms with van der Waals surface area (Å²) < 4.78 is 55.0. The van der Waals surface area contributed by atoms with Crippen LogP contribution < -0.4 is 44.0 Å². The lowest BCUT2D eigenvalue weighted by Crippen LogP contribution is -2.68. The summed E-state index contributed by atoms with van der Waals surface area (Å²) in [4.78, 5) is 31.4. The molecule has 16 nitrogen and oxygen atoms in total. The van der Waals surface area contributed by atoms with Gasteiger partial charge in [0.1, 0.15) is 11.5 Å². The van der Waals surface area contributed by atoms with Gasteiger partial charge >= 0.3 is 7.82 Å². The maximum absolute atomic E-state index is 11.7. The highest BCUT2D eigenvalue weighted by Gasteiger charge is 2.15. The average molecular weight is 577 g/mol. The Balaban J connectivity index is 0.000000395. The maximum atomic E-state index is 11.7. The van der Waals surface area contributed by atoms with Crippen LogP contribution >= 0.6 is 7.82 Å². The molecule has 3 aromatic carbocycles. The van der Waals surface area contributed by atoms with Gasteiger partial charge in [-0.2, -0.15) is 0 Å². The number of hydrogen-bond donors (Lipinski definition) is 2. The zero-order valence-electron chi connectivity index (χ0n) is 19.4. The number of nitro groups is 2. The monoisotopic (exact) mass is 576 g/mol. The van der Waals surface area contributed by atoms with Crippen molar-refractivity contribution in [1.29, 1.82) is 0 Å². The summed E-state index contributed by atoms with van der Waals surface area (Å²) in [6, 6.07) is 17.1. The van der Waals surface area contributed by atoms with Crippen LogP contribution in [0.5, 0.6) is 11.5 Å². The molecule has 0 saturated heterocycles. The molecule has 0 radical (unpaired) electrons. The molecule has 0 aliphatic heterocycles. The molecule has 0 fully saturated rings. The van der Waals surface area contributed by atoms with Crippen molar-refractivity contribution in [2.75, 3.05) is 0 Å². The van der Waals surface area contributed by atoms with Gasteiger partial charge in [0.25, 0.3) is 11.4 Å². The van der Waals surface area contributed by atoms with E-state index in [1.54, 1.807) is 0 Å². The Bertz CT molecular complexity index is 1150.